The van der Waals surface area contributed by atoms with Crippen LogP contribution in [0.2, 0.25) is 0 Å². The number of amides is 1. The Morgan fingerprint density at radius 3 is 2.35 bits per heavy atom. The standard InChI is InChI=1S/C20H19F3N2O6/c1-29-17-7-12-5-6-24(10-13(12)8-18(17)30-2)19(26)15-9-14(31-11-20(21,22)23)3-4-16(15)25(27)28/h3-4,7-9H,5-6,10-11H2,1-2H3. The Balaban J connectivity index is 1.89. The van der Waals surface area contributed by atoms with Gasteiger partial charge in [-0.1, -0.05) is 0 Å². The summed E-state index contributed by atoms with van der Waals surface area (Å²) in [6.07, 6.45) is -4.11. The number of nitro groups is 1. The van der Waals surface area contributed by atoms with Gasteiger partial charge in [0, 0.05) is 19.2 Å². The fourth-order valence-corrected chi connectivity index (χ4v) is 3.33. The van der Waals surface area contributed by atoms with Gasteiger partial charge in [0.2, 0.25) is 0 Å². The number of fused-ring (bicyclic) bond motifs is 1. The number of halogens is 3. The molecule has 0 unspecified atom stereocenters. The molecule has 3 rings (SSSR count). The molecule has 2 aromatic rings. The predicted molar refractivity (Wildman–Crippen MR) is 103 cm³/mol. The molecular weight excluding hydrogens is 421 g/mol. The minimum absolute atomic E-state index is 0.152. The quantitative estimate of drug-likeness (QED) is 0.502. The molecule has 1 aliphatic heterocycles. The maximum Gasteiger partial charge on any atom is 0.422 e. The number of methoxy groups -OCH3 is 2. The molecule has 11 heteroatoms. The van der Waals surface area contributed by atoms with Crippen LogP contribution in [0.15, 0.2) is 30.3 Å². The second kappa shape index (κ2) is 8.70. The van der Waals surface area contributed by atoms with Crippen LogP contribution in [0, 0.1) is 10.1 Å². The van der Waals surface area contributed by atoms with Crippen molar-refractivity contribution in [1.29, 1.82) is 0 Å². The first-order valence-corrected chi connectivity index (χ1v) is 9.14. The van der Waals surface area contributed by atoms with Crippen LogP contribution in [0.5, 0.6) is 17.2 Å². The van der Waals surface area contributed by atoms with Gasteiger partial charge in [-0.15, -0.1) is 0 Å². The molecule has 2 aromatic carbocycles. The van der Waals surface area contributed by atoms with Gasteiger partial charge >= 0.3 is 6.18 Å². The van der Waals surface area contributed by atoms with Crippen LogP contribution in [0.25, 0.3) is 0 Å². The first kappa shape index (κ1) is 22.2. The van der Waals surface area contributed by atoms with E-state index in [1.54, 1.807) is 6.07 Å². The van der Waals surface area contributed by atoms with Crippen LogP contribution in [0.3, 0.4) is 0 Å². The Kier molecular flexibility index (Phi) is 6.23. The fourth-order valence-electron chi connectivity index (χ4n) is 3.33. The average molecular weight is 440 g/mol. The number of ether oxygens (including phenoxy) is 3. The van der Waals surface area contributed by atoms with Crippen LogP contribution in [0.4, 0.5) is 18.9 Å². The average Bonchev–Trinajstić information content (AvgIpc) is 2.74. The van der Waals surface area contributed by atoms with Gasteiger partial charge in [-0.2, -0.15) is 13.2 Å². The highest BCUT2D eigenvalue weighted by atomic mass is 19.4. The first-order valence-electron chi connectivity index (χ1n) is 9.14. The summed E-state index contributed by atoms with van der Waals surface area (Å²) in [5, 5.41) is 11.4. The van der Waals surface area contributed by atoms with Crippen molar-refractivity contribution in [1.82, 2.24) is 4.90 Å². The number of benzene rings is 2. The minimum Gasteiger partial charge on any atom is -0.493 e. The molecule has 0 bridgehead atoms. The molecule has 31 heavy (non-hydrogen) atoms. The molecule has 1 amide bonds. The summed E-state index contributed by atoms with van der Waals surface area (Å²) in [5.74, 6) is 0.0648. The number of hydrogen-bond donors (Lipinski definition) is 0. The molecule has 0 radical (unpaired) electrons. The van der Waals surface area contributed by atoms with E-state index >= 15 is 0 Å². The molecule has 0 saturated carbocycles. The van der Waals surface area contributed by atoms with Crippen molar-refractivity contribution in [2.45, 2.75) is 19.1 Å². The lowest BCUT2D eigenvalue weighted by Crippen LogP contribution is -2.36. The van der Waals surface area contributed by atoms with Crippen LogP contribution in [-0.2, 0) is 13.0 Å². The van der Waals surface area contributed by atoms with Gasteiger partial charge in [-0.25, -0.2) is 0 Å². The number of rotatable bonds is 6. The molecule has 0 N–H and O–H groups in total. The van der Waals surface area contributed by atoms with Crippen LogP contribution in [-0.4, -0.2) is 49.3 Å². The smallest absolute Gasteiger partial charge is 0.422 e. The molecule has 0 saturated heterocycles. The summed E-state index contributed by atoms with van der Waals surface area (Å²) in [6, 6.07) is 6.50. The highest BCUT2D eigenvalue weighted by Gasteiger charge is 2.31. The van der Waals surface area contributed by atoms with Crippen molar-refractivity contribution in [2.24, 2.45) is 0 Å². The molecule has 1 heterocycles. The zero-order valence-corrected chi connectivity index (χ0v) is 16.7. The van der Waals surface area contributed by atoms with Crippen molar-refractivity contribution < 1.29 is 37.1 Å². The van der Waals surface area contributed by atoms with E-state index < -0.39 is 29.3 Å². The summed E-state index contributed by atoms with van der Waals surface area (Å²) in [4.78, 5) is 25.1. The van der Waals surface area contributed by atoms with Gasteiger partial charge in [0.1, 0.15) is 11.3 Å². The summed E-state index contributed by atoms with van der Waals surface area (Å²) >= 11 is 0. The lowest BCUT2D eigenvalue weighted by Gasteiger charge is -2.29. The normalized spacial score (nSPS) is 13.4. The Hall–Kier alpha value is -3.50. The van der Waals surface area contributed by atoms with Crippen molar-refractivity contribution in [3.63, 3.8) is 0 Å². The van der Waals surface area contributed by atoms with Crippen molar-refractivity contribution >= 4 is 11.6 Å². The molecule has 0 atom stereocenters. The summed E-state index contributed by atoms with van der Waals surface area (Å²) < 4.78 is 52.5. The number of nitrogens with zero attached hydrogens (tertiary/aromatic N) is 2. The zero-order valence-electron chi connectivity index (χ0n) is 16.7. The van der Waals surface area contributed by atoms with Gasteiger partial charge in [-0.3, -0.25) is 14.9 Å². The van der Waals surface area contributed by atoms with Gasteiger partial charge in [0.05, 0.1) is 19.1 Å². The third-order valence-electron chi connectivity index (χ3n) is 4.80. The SMILES string of the molecule is COc1cc2c(cc1OC)CN(C(=O)c1cc(OCC(F)(F)F)ccc1[N+](=O)[O-])CC2. The van der Waals surface area contributed by atoms with E-state index in [0.29, 0.717) is 17.9 Å². The van der Waals surface area contributed by atoms with E-state index in [-0.39, 0.29) is 24.4 Å². The molecular formula is C20H19F3N2O6. The van der Waals surface area contributed by atoms with E-state index in [1.165, 1.54) is 19.1 Å². The van der Waals surface area contributed by atoms with Gasteiger partial charge in [0.15, 0.2) is 18.1 Å². The largest absolute Gasteiger partial charge is 0.493 e. The number of hydrogen-bond acceptors (Lipinski definition) is 6. The number of carbonyl (C=O) groups is 1. The number of carbonyl (C=O) groups excluding carboxylic acids is 1. The highest BCUT2D eigenvalue weighted by Crippen LogP contribution is 2.34. The van der Waals surface area contributed by atoms with Crippen molar-refractivity contribution in [3.05, 3.63) is 57.1 Å². The summed E-state index contributed by atoms with van der Waals surface area (Å²) in [6.45, 7) is -1.15. The van der Waals surface area contributed by atoms with Gasteiger partial charge in [0.25, 0.3) is 11.6 Å². The summed E-state index contributed by atoms with van der Waals surface area (Å²) in [5.41, 5.74) is 0.874. The molecule has 1 aliphatic rings. The van der Waals surface area contributed by atoms with Gasteiger partial charge in [-0.05, 0) is 41.8 Å². The van der Waals surface area contributed by atoms with Crippen LogP contribution in [0.1, 0.15) is 21.5 Å². The predicted octanol–water partition coefficient (Wildman–Crippen LogP) is 3.75. The second-order valence-corrected chi connectivity index (χ2v) is 6.79. The van der Waals surface area contributed by atoms with Crippen molar-refractivity contribution in [3.8, 4) is 17.2 Å². The Morgan fingerprint density at radius 1 is 1.13 bits per heavy atom. The molecule has 166 valence electrons. The van der Waals surface area contributed by atoms with E-state index in [4.69, 9.17) is 9.47 Å². The highest BCUT2D eigenvalue weighted by molar-refractivity contribution is 5.98. The maximum absolute atomic E-state index is 13.1. The topological polar surface area (TPSA) is 91.1 Å². The van der Waals surface area contributed by atoms with Crippen LogP contribution >= 0.6 is 0 Å². The molecule has 8 nitrogen and oxygen atoms in total. The lowest BCUT2D eigenvalue weighted by molar-refractivity contribution is -0.385. The van der Waals surface area contributed by atoms with E-state index in [9.17, 15) is 28.1 Å². The number of alkyl halides is 3. The van der Waals surface area contributed by atoms with Crippen molar-refractivity contribution in [2.75, 3.05) is 27.4 Å². The summed E-state index contributed by atoms with van der Waals surface area (Å²) in [7, 11) is 2.99. The molecule has 0 spiro atoms. The van der Waals surface area contributed by atoms with Crippen LogP contribution < -0.4 is 14.2 Å². The molecule has 0 fully saturated rings. The number of nitro benzene ring substituents is 1. The monoisotopic (exact) mass is 440 g/mol. The Labute approximate surface area is 175 Å². The Bertz CT molecular complexity index is 1010. The maximum atomic E-state index is 13.1. The molecule has 0 aliphatic carbocycles. The fraction of sp³-hybridized carbons (Fsp3) is 0.350. The van der Waals surface area contributed by atoms with E-state index in [0.717, 1.165) is 29.3 Å². The van der Waals surface area contributed by atoms with Gasteiger partial charge < -0.3 is 19.1 Å². The zero-order chi connectivity index (χ0) is 22.8. The van der Waals surface area contributed by atoms with E-state index in [1.807, 2.05) is 6.07 Å². The Morgan fingerprint density at radius 2 is 1.77 bits per heavy atom. The third-order valence-corrected chi connectivity index (χ3v) is 4.80. The third kappa shape index (κ3) is 4.98. The minimum atomic E-state index is -4.58. The molecule has 0 aromatic heterocycles. The first-order chi connectivity index (χ1) is 14.6. The van der Waals surface area contributed by atoms with E-state index in [2.05, 4.69) is 4.74 Å². The lowest BCUT2D eigenvalue weighted by atomic mass is 9.98. The second-order valence-electron chi connectivity index (χ2n) is 6.79.